The first-order valence-electron chi connectivity index (χ1n) is 6.55. The molecule has 1 heterocycles. The van der Waals surface area contributed by atoms with E-state index in [9.17, 15) is 4.79 Å². The number of aromatic nitrogens is 1. The predicted octanol–water partition coefficient (Wildman–Crippen LogP) is 3.53. The molecule has 100 valence electrons. The molecule has 2 aromatic carbocycles. The summed E-state index contributed by atoms with van der Waals surface area (Å²) in [5.74, 6) is -0.0925. The SMILES string of the molecule is Cc1ccc(N)c(C(=O)n2ccc3cc(C)ccc32)c1. The zero-order valence-electron chi connectivity index (χ0n) is 11.6. The van der Waals surface area contributed by atoms with Gasteiger partial charge in [0.05, 0.1) is 11.1 Å². The quantitative estimate of drug-likeness (QED) is 0.683. The molecule has 0 bridgehead atoms. The Morgan fingerprint density at radius 2 is 1.70 bits per heavy atom. The number of aryl methyl sites for hydroxylation is 2. The Morgan fingerprint density at radius 3 is 2.50 bits per heavy atom. The fraction of sp³-hybridized carbons (Fsp3) is 0.118. The zero-order chi connectivity index (χ0) is 14.3. The van der Waals surface area contributed by atoms with Crippen molar-refractivity contribution in [2.75, 3.05) is 5.73 Å². The van der Waals surface area contributed by atoms with Gasteiger partial charge in [-0.25, -0.2) is 0 Å². The van der Waals surface area contributed by atoms with Crippen molar-refractivity contribution in [3.05, 3.63) is 65.4 Å². The van der Waals surface area contributed by atoms with Crippen LogP contribution in [0.3, 0.4) is 0 Å². The fourth-order valence-corrected chi connectivity index (χ4v) is 2.42. The van der Waals surface area contributed by atoms with Gasteiger partial charge in [-0.2, -0.15) is 0 Å². The molecule has 20 heavy (non-hydrogen) atoms. The molecule has 3 aromatic rings. The topological polar surface area (TPSA) is 48.0 Å². The normalized spacial score (nSPS) is 10.9. The number of nitrogens with two attached hydrogens (primary N) is 1. The van der Waals surface area contributed by atoms with Gasteiger partial charge in [-0.3, -0.25) is 9.36 Å². The Hall–Kier alpha value is -2.55. The molecule has 0 radical (unpaired) electrons. The summed E-state index contributed by atoms with van der Waals surface area (Å²) < 4.78 is 1.65. The van der Waals surface area contributed by atoms with E-state index in [2.05, 4.69) is 6.07 Å². The van der Waals surface area contributed by atoms with Crippen molar-refractivity contribution in [1.82, 2.24) is 4.57 Å². The third-order valence-corrected chi connectivity index (χ3v) is 3.50. The van der Waals surface area contributed by atoms with Gasteiger partial charge in [0.1, 0.15) is 0 Å². The van der Waals surface area contributed by atoms with Crippen molar-refractivity contribution in [2.45, 2.75) is 13.8 Å². The average Bonchev–Trinajstić information content (AvgIpc) is 2.83. The second-order valence-corrected chi connectivity index (χ2v) is 5.14. The highest BCUT2D eigenvalue weighted by molar-refractivity contribution is 6.05. The van der Waals surface area contributed by atoms with Gasteiger partial charge in [0.2, 0.25) is 0 Å². The minimum absolute atomic E-state index is 0.0925. The molecule has 0 aliphatic carbocycles. The van der Waals surface area contributed by atoms with Crippen molar-refractivity contribution < 1.29 is 4.79 Å². The molecular weight excluding hydrogens is 248 g/mol. The Balaban J connectivity index is 2.15. The average molecular weight is 264 g/mol. The fourth-order valence-electron chi connectivity index (χ4n) is 2.42. The Morgan fingerprint density at radius 1 is 1.00 bits per heavy atom. The molecule has 0 amide bonds. The van der Waals surface area contributed by atoms with Crippen molar-refractivity contribution in [2.24, 2.45) is 0 Å². The van der Waals surface area contributed by atoms with Crippen LogP contribution in [-0.2, 0) is 0 Å². The lowest BCUT2D eigenvalue weighted by Crippen LogP contribution is -2.13. The number of fused-ring (bicyclic) bond motifs is 1. The van der Waals surface area contributed by atoms with Crippen molar-refractivity contribution in [3.63, 3.8) is 0 Å². The van der Waals surface area contributed by atoms with Crippen LogP contribution >= 0.6 is 0 Å². The number of nitrogens with zero attached hydrogens (tertiary/aromatic N) is 1. The molecule has 0 spiro atoms. The molecule has 0 unspecified atom stereocenters. The van der Waals surface area contributed by atoms with E-state index in [-0.39, 0.29) is 5.91 Å². The highest BCUT2D eigenvalue weighted by Crippen LogP contribution is 2.21. The maximum absolute atomic E-state index is 12.7. The van der Waals surface area contributed by atoms with Gasteiger partial charge < -0.3 is 5.73 Å². The maximum Gasteiger partial charge on any atom is 0.264 e. The summed E-state index contributed by atoms with van der Waals surface area (Å²) in [7, 11) is 0. The van der Waals surface area contributed by atoms with Gasteiger partial charge in [-0.15, -0.1) is 0 Å². The van der Waals surface area contributed by atoms with Crippen LogP contribution in [0.15, 0.2) is 48.7 Å². The first kappa shape index (κ1) is 12.5. The molecule has 0 saturated carbocycles. The summed E-state index contributed by atoms with van der Waals surface area (Å²) in [4.78, 5) is 12.7. The monoisotopic (exact) mass is 264 g/mol. The van der Waals surface area contributed by atoms with E-state index in [0.717, 1.165) is 16.5 Å². The van der Waals surface area contributed by atoms with Gasteiger partial charge in [0.15, 0.2) is 0 Å². The van der Waals surface area contributed by atoms with E-state index in [1.807, 2.05) is 44.2 Å². The standard InChI is InChI=1S/C17H16N2O/c1-11-4-6-16-13(9-11)7-8-19(16)17(20)14-10-12(2)3-5-15(14)18/h3-10H,18H2,1-2H3. The number of hydrogen-bond acceptors (Lipinski definition) is 2. The molecule has 0 aliphatic heterocycles. The summed E-state index contributed by atoms with van der Waals surface area (Å²) >= 11 is 0. The lowest BCUT2D eigenvalue weighted by Gasteiger charge is -2.08. The molecule has 3 nitrogen and oxygen atoms in total. The number of hydrogen-bond donors (Lipinski definition) is 1. The highest BCUT2D eigenvalue weighted by atomic mass is 16.2. The van der Waals surface area contributed by atoms with Crippen LogP contribution in [0.4, 0.5) is 5.69 Å². The highest BCUT2D eigenvalue weighted by Gasteiger charge is 2.14. The number of carbonyl (C=O) groups excluding carboxylic acids is 1. The number of carbonyl (C=O) groups is 1. The first-order chi connectivity index (χ1) is 9.56. The van der Waals surface area contributed by atoms with Crippen molar-refractivity contribution in [3.8, 4) is 0 Å². The number of rotatable bonds is 1. The van der Waals surface area contributed by atoms with E-state index >= 15 is 0 Å². The molecule has 3 rings (SSSR count). The molecule has 0 aliphatic rings. The van der Waals surface area contributed by atoms with Crippen LogP contribution in [0.1, 0.15) is 21.5 Å². The molecule has 3 heteroatoms. The predicted molar refractivity (Wildman–Crippen MR) is 82.0 cm³/mol. The molecule has 2 N–H and O–H groups in total. The second-order valence-electron chi connectivity index (χ2n) is 5.14. The maximum atomic E-state index is 12.7. The molecule has 0 fully saturated rings. The van der Waals surface area contributed by atoms with Crippen LogP contribution in [0.5, 0.6) is 0 Å². The number of benzene rings is 2. The molecule has 0 saturated heterocycles. The molecule has 1 aromatic heterocycles. The van der Waals surface area contributed by atoms with Gasteiger partial charge in [-0.1, -0.05) is 23.3 Å². The van der Waals surface area contributed by atoms with E-state index in [1.54, 1.807) is 16.8 Å². The second kappa shape index (κ2) is 4.53. The van der Waals surface area contributed by atoms with Crippen LogP contribution in [0, 0.1) is 13.8 Å². The first-order valence-corrected chi connectivity index (χ1v) is 6.55. The summed E-state index contributed by atoms with van der Waals surface area (Å²) in [6.07, 6.45) is 1.80. The van der Waals surface area contributed by atoms with E-state index < -0.39 is 0 Å². The minimum atomic E-state index is -0.0925. The minimum Gasteiger partial charge on any atom is -0.398 e. The lowest BCUT2D eigenvalue weighted by atomic mass is 10.1. The van der Waals surface area contributed by atoms with Gasteiger partial charge in [0, 0.05) is 17.3 Å². The summed E-state index contributed by atoms with van der Waals surface area (Å²) in [5, 5.41) is 1.06. The number of nitrogen functional groups attached to an aromatic ring is 1. The van der Waals surface area contributed by atoms with Crippen LogP contribution < -0.4 is 5.73 Å². The van der Waals surface area contributed by atoms with Gasteiger partial charge in [0.25, 0.3) is 5.91 Å². The van der Waals surface area contributed by atoms with E-state index in [1.165, 1.54) is 5.56 Å². The van der Waals surface area contributed by atoms with E-state index in [0.29, 0.717) is 11.3 Å². The third-order valence-electron chi connectivity index (χ3n) is 3.50. The molecular formula is C17H16N2O. The zero-order valence-corrected chi connectivity index (χ0v) is 11.6. The van der Waals surface area contributed by atoms with Gasteiger partial charge in [-0.05, 0) is 44.2 Å². The lowest BCUT2D eigenvalue weighted by molar-refractivity contribution is 0.0966. The number of anilines is 1. The van der Waals surface area contributed by atoms with E-state index in [4.69, 9.17) is 5.73 Å². The Kier molecular flexibility index (Phi) is 2.83. The summed E-state index contributed by atoms with van der Waals surface area (Å²) in [6, 6.07) is 13.5. The summed E-state index contributed by atoms with van der Waals surface area (Å²) in [6.45, 7) is 3.99. The largest absolute Gasteiger partial charge is 0.398 e. The third kappa shape index (κ3) is 1.97. The Labute approximate surface area is 117 Å². The summed E-state index contributed by atoms with van der Waals surface area (Å²) in [5.41, 5.74) is 10.1. The van der Waals surface area contributed by atoms with Crippen molar-refractivity contribution >= 4 is 22.5 Å². The van der Waals surface area contributed by atoms with Crippen molar-refractivity contribution in [1.29, 1.82) is 0 Å². The van der Waals surface area contributed by atoms with Crippen LogP contribution in [-0.4, -0.2) is 10.5 Å². The molecule has 0 atom stereocenters. The van der Waals surface area contributed by atoms with Gasteiger partial charge >= 0.3 is 0 Å². The van der Waals surface area contributed by atoms with Crippen LogP contribution in [0.25, 0.3) is 10.9 Å². The smallest absolute Gasteiger partial charge is 0.264 e. The van der Waals surface area contributed by atoms with Crippen LogP contribution in [0.2, 0.25) is 0 Å². The Bertz CT molecular complexity index is 815.